The summed E-state index contributed by atoms with van der Waals surface area (Å²) in [6.07, 6.45) is 2.56. The van der Waals surface area contributed by atoms with E-state index in [0.717, 1.165) is 11.3 Å². The Bertz CT molecular complexity index is 843. The van der Waals surface area contributed by atoms with Gasteiger partial charge in [-0.3, -0.25) is 9.59 Å². The van der Waals surface area contributed by atoms with E-state index in [4.69, 9.17) is 4.74 Å². The van der Waals surface area contributed by atoms with Crippen molar-refractivity contribution >= 4 is 29.6 Å². The number of urea groups is 1. The number of ether oxygens (including phenoxy) is 1. The number of fused-ring (bicyclic) bond motifs is 1. The molecule has 2 saturated heterocycles. The second-order valence-electron chi connectivity index (χ2n) is 8.16. The van der Waals surface area contributed by atoms with Crippen molar-refractivity contribution in [3.05, 3.63) is 35.6 Å². The molecular formula is C22H32FN5O4S. The number of likely N-dealkylation sites (N-methyl/N-ethyl adjacent to an activating group) is 1. The number of nitrogens with zero attached hydrogens (tertiary/aromatic N) is 4. The van der Waals surface area contributed by atoms with E-state index in [1.807, 2.05) is 6.26 Å². The highest BCUT2D eigenvalue weighted by atomic mass is 32.2. The average molecular weight is 482 g/mol. The molecule has 2 fully saturated rings. The molecule has 0 aromatic heterocycles. The molecule has 1 aromatic carbocycles. The van der Waals surface area contributed by atoms with E-state index in [1.165, 1.54) is 17.1 Å². The fourth-order valence-electron chi connectivity index (χ4n) is 4.27. The van der Waals surface area contributed by atoms with Gasteiger partial charge in [-0.25, -0.2) is 19.2 Å². The van der Waals surface area contributed by atoms with E-state index >= 15 is 0 Å². The quantitative estimate of drug-likeness (QED) is 0.536. The highest BCUT2D eigenvalue weighted by Gasteiger charge is 2.50. The normalized spacial score (nSPS) is 21.4. The molecule has 3 rings (SSSR count). The Morgan fingerprint density at radius 2 is 2.00 bits per heavy atom. The van der Waals surface area contributed by atoms with E-state index in [1.54, 1.807) is 52.9 Å². The molecule has 2 heterocycles. The van der Waals surface area contributed by atoms with E-state index in [-0.39, 0.29) is 43.3 Å². The van der Waals surface area contributed by atoms with Crippen LogP contribution < -0.4 is 5.32 Å². The van der Waals surface area contributed by atoms with Gasteiger partial charge in [0.2, 0.25) is 11.8 Å². The van der Waals surface area contributed by atoms with Crippen LogP contribution >= 0.6 is 11.8 Å². The summed E-state index contributed by atoms with van der Waals surface area (Å²) in [7, 11) is 3.30. The van der Waals surface area contributed by atoms with Gasteiger partial charge in [0, 0.05) is 33.9 Å². The number of halogens is 1. The SMILES string of the molecule is COCCCN1C[C@H]2N(C(=O)CN(C)N2C(=O)NCc2ccc(F)cc2)[C@@H](CCSC)C1=O. The zero-order valence-electron chi connectivity index (χ0n) is 19.3. The van der Waals surface area contributed by atoms with Crippen molar-refractivity contribution in [2.75, 3.05) is 52.4 Å². The van der Waals surface area contributed by atoms with Gasteiger partial charge in [0.1, 0.15) is 18.0 Å². The summed E-state index contributed by atoms with van der Waals surface area (Å²) in [5.74, 6) is 0.138. The largest absolute Gasteiger partial charge is 0.385 e. The third-order valence-corrected chi connectivity index (χ3v) is 6.52. The lowest BCUT2D eigenvalue weighted by Gasteiger charge is -2.54. The Morgan fingerprint density at radius 3 is 2.67 bits per heavy atom. The molecule has 1 aromatic rings. The molecule has 0 aliphatic carbocycles. The van der Waals surface area contributed by atoms with Gasteiger partial charge in [-0.15, -0.1) is 0 Å². The molecule has 0 radical (unpaired) electrons. The molecule has 11 heteroatoms. The number of piperazine rings is 1. The van der Waals surface area contributed by atoms with Gasteiger partial charge < -0.3 is 19.9 Å². The Kier molecular flexibility index (Phi) is 8.93. The van der Waals surface area contributed by atoms with Gasteiger partial charge in [0.05, 0.1) is 13.1 Å². The van der Waals surface area contributed by atoms with Crippen molar-refractivity contribution < 1.29 is 23.5 Å². The van der Waals surface area contributed by atoms with Gasteiger partial charge in [0.15, 0.2) is 0 Å². The number of carbonyl (C=O) groups is 3. The Balaban J connectivity index is 1.80. The molecule has 182 valence electrons. The van der Waals surface area contributed by atoms with Crippen molar-refractivity contribution in [3.8, 4) is 0 Å². The van der Waals surface area contributed by atoms with Crippen molar-refractivity contribution in [2.24, 2.45) is 0 Å². The topological polar surface area (TPSA) is 85.4 Å². The molecular weight excluding hydrogens is 449 g/mol. The van der Waals surface area contributed by atoms with Crippen LogP contribution in [0.4, 0.5) is 9.18 Å². The summed E-state index contributed by atoms with van der Waals surface area (Å²) in [5, 5.41) is 5.98. The predicted molar refractivity (Wildman–Crippen MR) is 124 cm³/mol. The lowest BCUT2D eigenvalue weighted by Crippen LogP contribution is -2.76. The molecule has 0 spiro atoms. The lowest BCUT2D eigenvalue weighted by atomic mass is 10.0. The Labute approximate surface area is 198 Å². The minimum absolute atomic E-state index is 0.00713. The van der Waals surface area contributed by atoms with Crippen molar-refractivity contribution in [3.63, 3.8) is 0 Å². The first kappa shape index (κ1) is 25.3. The standard InChI is InChI=1S/C22H32FN5O4S/c1-25-15-20(29)27-18(9-12-33-3)21(30)26(10-4-11-32-2)14-19(27)28(25)22(31)24-13-16-5-7-17(23)8-6-16/h5-8,18-19H,4,9-15H2,1-3H3,(H,24,31)/t18-,19-/m0/s1. The van der Waals surface area contributed by atoms with Crippen LogP contribution in [0, 0.1) is 5.82 Å². The first-order valence-corrected chi connectivity index (χ1v) is 12.4. The van der Waals surface area contributed by atoms with Crippen LogP contribution in [0.15, 0.2) is 24.3 Å². The van der Waals surface area contributed by atoms with Crippen molar-refractivity contribution in [2.45, 2.75) is 31.6 Å². The molecule has 0 bridgehead atoms. The first-order valence-electron chi connectivity index (χ1n) is 11.0. The van der Waals surface area contributed by atoms with Gasteiger partial charge in [-0.05, 0) is 42.5 Å². The molecule has 9 nitrogen and oxygen atoms in total. The number of methoxy groups -OCH3 is 1. The number of benzene rings is 1. The number of carbonyl (C=O) groups excluding carboxylic acids is 3. The van der Waals surface area contributed by atoms with Crippen LogP contribution in [0.1, 0.15) is 18.4 Å². The van der Waals surface area contributed by atoms with Crippen LogP contribution in [-0.4, -0.2) is 102 Å². The lowest BCUT2D eigenvalue weighted by molar-refractivity contribution is -0.187. The summed E-state index contributed by atoms with van der Waals surface area (Å²) in [4.78, 5) is 42.8. The van der Waals surface area contributed by atoms with Crippen LogP contribution in [0.3, 0.4) is 0 Å². The maximum Gasteiger partial charge on any atom is 0.334 e. The number of hydrazine groups is 1. The fraction of sp³-hybridized carbons (Fsp3) is 0.591. The van der Waals surface area contributed by atoms with Crippen LogP contribution in [0.5, 0.6) is 0 Å². The summed E-state index contributed by atoms with van der Waals surface area (Å²) in [6, 6.07) is 4.93. The minimum atomic E-state index is -0.604. The van der Waals surface area contributed by atoms with E-state index in [9.17, 15) is 18.8 Å². The monoisotopic (exact) mass is 481 g/mol. The van der Waals surface area contributed by atoms with E-state index < -0.39 is 12.2 Å². The van der Waals surface area contributed by atoms with Crippen molar-refractivity contribution in [1.29, 1.82) is 0 Å². The number of rotatable bonds is 9. The fourth-order valence-corrected chi connectivity index (χ4v) is 4.73. The summed E-state index contributed by atoms with van der Waals surface area (Å²) >= 11 is 1.62. The minimum Gasteiger partial charge on any atom is -0.385 e. The second kappa shape index (κ2) is 11.7. The Hall–Kier alpha value is -2.37. The highest BCUT2D eigenvalue weighted by Crippen LogP contribution is 2.28. The van der Waals surface area contributed by atoms with Gasteiger partial charge in [-0.1, -0.05) is 12.1 Å². The summed E-state index contributed by atoms with van der Waals surface area (Å²) < 4.78 is 18.3. The summed E-state index contributed by atoms with van der Waals surface area (Å²) in [6.45, 7) is 1.48. The summed E-state index contributed by atoms with van der Waals surface area (Å²) in [5.41, 5.74) is 0.759. The number of nitrogens with one attached hydrogen (secondary N) is 1. The van der Waals surface area contributed by atoms with E-state index in [2.05, 4.69) is 5.32 Å². The van der Waals surface area contributed by atoms with Gasteiger partial charge >= 0.3 is 6.03 Å². The smallest absolute Gasteiger partial charge is 0.334 e. The van der Waals surface area contributed by atoms with Crippen LogP contribution in [0.25, 0.3) is 0 Å². The highest BCUT2D eigenvalue weighted by molar-refractivity contribution is 7.98. The van der Waals surface area contributed by atoms with Gasteiger partial charge in [0.25, 0.3) is 0 Å². The van der Waals surface area contributed by atoms with Gasteiger partial charge in [-0.2, -0.15) is 11.8 Å². The second-order valence-corrected chi connectivity index (χ2v) is 9.14. The molecule has 2 aliphatic heterocycles. The van der Waals surface area contributed by atoms with E-state index in [0.29, 0.717) is 26.0 Å². The molecule has 0 unspecified atom stereocenters. The maximum absolute atomic E-state index is 13.2. The maximum atomic E-state index is 13.2. The molecule has 33 heavy (non-hydrogen) atoms. The molecule has 2 aliphatic rings. The third-order valence-electron chi connectivity index (χ3n) is 5.88. The van der Waals surface area contributed by atoms with Crippen LogP contribution in [0.2, 0.25) is 0 Å². The first-order chi connectivity index (χ1) is 15.9. The van der Waals surface area contributed by atoms with Crippen LogP contribution in [-0.2, 0) is 20.9 Å². The molecule has 1 N–H and O–H groups in total. The average Bonchev–Trinajstić information content (AvgIpc) is 2.79. The zero-order chi connectivity index (χ0) is 24.0. The molecule has 4 amide bonds. The van der Waals surface area contributed by atoms with Crippen molar-refractivity contribution in [1.82, 2.24) is 25.1 Å². The number of hydrogen-bond acceptors (Lipinski definition) is 6. The predicted octanol–water partition coefficient (Wildman–Crippen LogP) is 1.35. The third kappa shape index (κ3) is 5.96. The number of amides is 4. The molecule has 0 saturated carbocycles. The molecule has 2 atom stereocenters. The Morgan fingerprint density at radius 1 is 1.27 bits per heavy atom. The number of thioether (sulfide) groups is 1. The zero-order valence-corrected chi connectivity index (χ0v) is 20.1. The number of hydrogen-bond donors (Lipinski definition) is 1.